The average molecular weight is 421 g/mol. The largest absolute Gasteiger partial charge is 0.336 e. The fraction of sp³-hybridized carbons (Fsp3) is 0.409. The van der Waals surface area contributed by atoms with Gasteiger partial charge in [-0.15, -0.1) is 0 Å². The molecule has 1 atom stereocenters. The van der Waals surface area contributed by atoms with Gasteiger partial charge in [-0.1, -0.05) is 43.2 Å². The van der Waals surface area contributed by atoms with Gasteiger partial charge >= 0.3 is 6.03 Å². The van der Waals surface area contributed by atoms with Crippen LogP contribution in [-0.2, 0) is 0 Å². The van der Waals surface area contributed by atoms with Crippen LogP contribution in [0.4, 0.5) is 10.7 Å². The zero-order valence-corrected chi connectivity index (χ0v) is 18.1. The maximum Gasteiger partial charge on any atom is 0.318 e. The first-order valence-corrected chi connectivity index (χ1v) is 10.6. The Bertz CT molecular complexity index is 1010. The lowest BCUT2D eigenvalue weighted by atomic mass is 9.97. The van der Waals surface area contributed by atoms with Crippen molar-refractivity contribution >= 4 is 12.0 Å². The van der Waals surface area contributed by atoms with Crippen LogP contribution in [-0.4, -0.2) is 62.3 Å². The van der Waals surface area contributed by atoms with Gasteiger partial charge in [0.15, 0.2) is 0 Å². The van der Waals surface area contributed by atoms with Crippen LogP contribution >= 0.6 is 0 Å². The van der Waals surface area contributed by atoms with E-state index in [-0.39, 0.29) is 18.0 Å². The van der Waals surface area contributed by atoms with Gasteiger partial charge in [0.05, 0.1) is 17.4 Å². The van der Waals surface area contributed by atoms with Gasteiger partial charge in [0.2, 0.25) is 5.95 Å². The predicted molar refractivity (Wildman–Crippen MR) is 118 cm³/mol. The highest BCUT2D eigenvalue weighted by atomic mass is 16.2. The van der Waals surface area contributed by atoms with Crippen molar-refractivity contribution in [1.29, 1.82) is 0 Å². The summed E-state index contributed by atoms with van der Waals surface area (Å²) in [6, 6.07) is 13.6. The van der Waals surface area contributed by atoms with Crippen molar-refractivity contribution in [2.75, 3.05) is 31.1 Å². The first-order chi connectivity index (χ1) is 15.0. The molecule has 4 rings (SSSR count). The van der Waals surface area contributed by atoms with E-state index in [4.69, 9.17) is 0 Å². The normalized spacial score (nSPS) is 15.2. The topological polar surface area (TPSA) is 92.1 Å². The minimum Gasteiger partial charge on any atom is -0.336 e. The van der Waals surface area contributed by atoms with Crippen LogP contribution in [0.2, 0.25) is 0 Å². The molecule has 0 spiro atoms. The van der Waals surface area contributed by atoms with Crippen LogP contribution in [0.15, 0.2) is 48.7 Å². The summed E-state index contributed by atoms with van der Waals surface area (Å²) in [6.07, 6.45) is 1.78. The van der Waals surface area contributed by atoms with Crippen LogP contribution in [0.3, 0.4) is 0 Å². The van der Waals surface area contributed by atoms with Gasteiger partial charge < -0.3 is 15.1 Å². The third-order valence-electron chi connectivity index (χ3n) is 5.59. The molecular weight excluding hydrogens is 392 g/mol. The van der Waals surface area contributed by atoms with Gasteiger partial charge in [-0.05, 0) is 47.0 Å². The molecule has 1 unspecified atom stereocenters. The van der Waals surface area contributed by atoms with Gasteiger partial charge in [0.25, 0.3) is 0 Å². The molecule has 1 aromatic carbocycles. The highest BCUT2D eigenvalue weighted by Gasteiger charge is 2.28. The lowest BCUT2D eigenvalue weighted by Gasteiger charge is -2.36. The van der Waals surface area contributed by atoms with Crippen molar-refractivity contribution in [2.24, 2.45) is 5.92 Å². The quantitative estimate of drug-likeness (QED) is 0.682. The minimum absolute atomic E-state index is 0.0638. The number of rotatable bonds is 5. The number of nitrogens with zero attached hydrogens (tertiary/aromatic N) is 7. The summed E-state index contributed by atoms with van der Waals surface area (Å²) in [4.78, 5) is 21.5. The SMILES string of the molecule is Cc1cccnc1C(NC(=O)N1CCN(c2nnnn2-c2ccccc2)CC1)C(C)C. The van der Waals surface area contributed by atoms with Crippen molar-refractivity contribution in [1.82, 2.24) is 35.4 Å². The molecule has 2 aromatic heterocycles. The number of anilines is 1. The molecule has 0 bridgehead atoms. The molecule has 31 heavy (non-hydrogen) atoms. The van der Waals surface area contributed by atoms with Gasteiger partial charge in [0, 0.05) is 32.4 Å². The van der Waals surface area contributed by atoms with E-state index in [1.54, 1.807) is 10.9 Å². The first-order valence-electron chi connectivity index (χ1n) is 10.6. The summed E-state index contributed by atoms with van der Waals surface area (Å²) in [5.74, 6) is 0.921. The number of hydrogen-bond acceptors (Lipinski definition) is 6. The van der Waals surface area contributed by atoms with Crippen LogP contribution < -0.4 is 10.2 Å². The summed E-state index contributed by atoms with van der Waals surface area (Å²) in [6.45, 7) is 8.74. The Kier molecular flexibility index (Phi) is 6.11. The number of aryl methyl sites for hydroxylation is 1. The van der Waals surface area contributed by atoms with E-state index in [1.165, 1.54) is 0 Å². The number of pyridine rings is 1. The average Bonchev–Trinajstić information content (AvgIpc) is 3.28. The fourth-order valence-corrected chi connectivity index (χ4v) is 3.82. The van der Waals surface area contributed by atoms with E-state index < -0.39 is 0 Å². The Labute approximate surface area is 182 Å². The molecule has 3 aromatic rings. The van der Waals surface area contributed by atoms with E-state index in [9.17, 15) is 4.79 Å². The molecule has 2 amide bonds. The summed E-state index contributed by atoms with van der Waals surface area (Å²) in [7, 11) is 0. The highest BCUT2D eigenvalue weighted by Crippen LogP contribution is 2.23. The zero-order chi connectivity index (χ0) is 21.8. The van der Waals surface area contributed by atoms with E-state index >= 15 is 0 Å². The van der Waals surface area contributed by atoms with Crippen molar-refractivity contribution in [2.45, 2.75) is 26.8 Å². The van der Waals surface area contributed by atoms with Crippen molar-refractivity contribution < 1.29 is 4.79 Å². The second-order valence-electron chi connectivity index (χ2n) is 8.08. The number of benzene rings is 1. The number of nitrogens with one attached hydrogen (secondary N) is 1. The molecule has 9 heteroatoms. The summed E-state index contributed by atoms with van der Waals surface area (Å²) in [5.41, 5.74) is 2.92. The maximum atomic E-state index is 13.0. The van der Waals surface area contributed by atoms with Gasteiger partial charge in [-0.25, -0.2) is 4.79 Å². The van der Waals surface area contributed by atoms with Crippen molar-refractivity contribution in [3.63, 3.8) is 0 Å². The molecular formula is C22H28N8O. The van der Waals surface area contributed by atoms with Crippen molar-refractivity contribution in [3.8, 4) is 5.69 Å². The number of urea groups is 1. The monoisotopic (exact) mass is 420 g/mol. The molecule has 3 heterocycles. The highest BCUT2D eigenvalue weighted by molar-refractivity contribution is 5.75. The molecule has 1 N–H and O–H groups in total. The van der Waals surface area contributed by atoms with E-state index in [0.29, 0.717) is 32.1 Å². The van der Waals surface area contributed by atoms with E-state index in [1.807, 2.05) is 54.3 Å². The third kappa shape index (κ3) is 4.50. The fourth-order valence-electron chi connectivity index (χ4n) is 3.82. The standard InChI is InChI=1S/C22H28N8O/c1-16(2)19(20-17(3)8-7-11-23-20)24-22(31)29-14-12-28(13-15-29)21-25-26-27-30(21)18-9-5-4-6-10-18/h4-11,16,19H,12-15H2,1-3H3,(H,24,31). The maximum absolute atomic E-state index is 13.0. The number of carbonyl (C=O) groups is 1. The van der Waals surface area contributed by atoms with E-state index in [2.05, 4.69) is 44.6 Å². The second-order valence-corrected chi connectivity index (χ2v) is 8.08. The number of tetrazole rings is 1. The second kappa shape index (κ2) is 9.11. The number of piperazine rings is 1. The van der Waals surface area contributed by atoms with Crippen LogP contribution in [0.25, 0.3) is 5.69 Å². The molecule has 0 saturated carbocycles. The summed E-state index contributed by atoms with van der Waals surface area (Å²) >= 11 is 0. The zero-order valence-electron chi connectivity index (χ0n) is 18.1. The number of hydrogen-bond donors (Lipinski definition) is 1. The van der Waals surface area contributed by atoms with Crippen LogP contribution in [0.5, 0.6) is 0 Å². The lowest BCUT2D eigenvalue weighted by molar-refractivity contribution is 0.186. The Morgan fingerprint density at radius 3 is 2.45 bits per heavy atom. The lowest BCUT2D eigenvalue weighted by Crippen LogP contribution is -2.53. The number of amides is 2. The molecule has 162 valence electrons. The summed E-state index contributed by atoms with van der Waals surface area (Å²) < 4.78 is 1.73. The number of para-hydroxylation sites is 1. The minimum atomic E-state index is -0.128. The Morgan fingerprint density at radius 2 is 1.77 bits per heavy atom. The molecule has 1 saturated heterocycles. The van der Waals surface area contributed by atoms with E-state index in [0.717, 1.165) is 16.9 Å². The Morgan fingerprint density at radius 1 is 1.03 bits per heavy atom. The molecule has 0 radical (unpaired) electrons. The third-order valence-corrected chi connectivity index (χ3v) is 5.59. The smallest absolute Gasteiger partial charge is 0.318 e. The Hall–Kier alpha value is -3.49. The summed E-state index contributed by atoms with van der Waals surface area (Å²) in [5, 5.41) is 15.4. The molecule has 9 nitrogen and oxygen atoms in total. The molecule has 1 aliphatic rings. The number of aromatic nitrogens is 5. The molecule has 0 aliphatic carbocycles. The van der Waals surface area contributed by atoms with Crippen LogP contribution in [0, 0.1) is 12.8 Å². The Balaban J connectivity index is 1.41. The van der Waals surface area contributed by atoms with Crippen LogP contribution in [0.1, 0.15) is 31.1 Å². The van der Waals surface area contributed by atoms with Gasteiger partial charge in [-0.3, -0.25) is 4.98 Å². The number of carbonyl (C=O) groups excluding carboxylic acids is 1. The molecule has 1 aliphatic heterocycles. The van der Waals surface area contributed by atoms with Gasteiger partial charge in [0.1, 0.15) is 0 Å². The first kappa shape index (κ1) is 20.8. The molecule has 1 fully saturated rings. The van der Waals surface area contributed by atoms with Gasteiger partial charge in [-0.2, -0.15) is 4.68 Å². The predicted octanol–water partition coefficient (Wildman–Crippen LogP) is 2.59. The van der Waals surface area contributed by atoms with Crippen molar-refractivity contribution in [3.05, 3.63) is 59.9 Å².